The molecule has 58 heavy (non-hydrogen) atoms. The molecule has 3 aliphatic rings. The van der Waals surface area contributed by atoms with Crippen molar-refractivity contribution in [2.24, 2.45) is 0 Å². The number of allylic oxidation sites excluding steroid dienone is 1. The van der Waals surface area contributed by atoms with E-state index in [4.69, 9.17) is 14.7 Å². The minimum atomic E-state index is -0.518. The Morgan fingerprint density at radius 2 is 1.16 bits per heavy atom. The molecule has 0 N–H and O–H groups in total. The van der Waals surface area contributed by atoms with Crippen LogP contribution in [0.2, 0.25) is 0 Å². The number of hydrogen-bond donors (Lipinski definition) is 0. The molecule has 2 heterocycles. The quantitative estimate of drug-likeness (QED) is 0.180. The van der Waals surface area contributed by atoms with Gasteiger partial charge in [0.2, 0.25) is 0 Å². The number of para-hydroxylation sites is 2. The van der Waals surface area contributed by atoms with Crippen molar-refractivity contribution in [3.8, 4) is 56.4 Å². The summed E-state index contributed by atoms with van der Waals surface area (Å²) < 4.78 is 7.02. The molecule has 3 heteroatoms. The topological polar surface area (TPSA) is 35.0 Å². The van der Waals surface area contributed by atoms with Gasteiger partial charge >= 0.3 is 0 Å². The zero-order chi connectivity index (χ0) is 38.2. The molecule has 0 radical (unpaired) electrons. The lowest BCUT2D eigenvalue weighted by atomic mass is 9.65. The number of hydrogen-bond acceptors (Lipinski definition) is 3. The largest absolute Gasteiger partial charge is 0.456 e. The lowest BCUT2D eigenvalue weighted by Crippen LogP contribution is -2.32. The van der Waals surface area contributed by atoms with Crippen LogP contribution in [0, 0.1) is 0 Å². The number of rotatable bonds is 4. The Bertz CT molecular complexity index is 3100. The van der Waals surface area contributed by atoms with Gasteiger partial charge < -0.3 is 4.74 Å². The zero-order valence-electron chi connectivity index (χ0n) is 31.6. The van der Waals surface area contributed by atoms with Gasteiger partial charge in [-0.15, -0.1) is 0 Å². The van der Waals surface area contributed by atoms with Gasteiger partial charge in [0.25, 0.3) is 0 Å². The van der Waals surface area contributed by atoms with Crippen LogP contribution in [0.4, 0.5) is 0 Å². The van der Waals surface area contributed by atoms with E-state index < -0.39 is 5.41 Å². The number of nitrogens with zero attached hydrogens (tertiary/aromatic N) is 2. The molecule has 2 aliphatic carbocycles. The van der Waals surface area contributed by atoms with Gasteiger partial charge in [-0.3, -0.25) is 0 Å². The highest BCUT2D eigenvalue weighted by Crippen LogP contribution is 2.63. The highest BCUT2D eigenvalue weighted by atomic mass is 16.5. The van der Waals surface area contributed by atoms with E-state index in [1.54, 1.807) is 0 Å². The lowest BCUT2D eigenvalue weighted by Gasteiger charge is -2.40. The van der Waals surface area contributed by atoms with Crippen LogP contribution in [0.15, 0.2) is 194 Å². The molecule has 8 aromatic carbocycles. The molecule has 9 aromatic rings. The predicted molar refractivity (Wildman–Crippen MR) is 235 cm³/mol. The summed E-state index contributed by atoms with van der Waals surface area (Å²) in [6.45, 7) is 0. The van der Waals surface area contributed by atoms with Gasteiger partial charge in [0.15, 0.2) is 5.82 Å². The van der Waals surface area contributed by atoms with Crippen LogP contribution in [0.1, 0.15) is 45.0 Å². The first-order valence-electron chi connectivity index (χ1n) is 20.1. The SMILES string of the molecule is C1=CC(c2cc(-c3cccc(-c4cccc5c4Oc4ccccc4C54c5ccccc5-c5ccccc54)c3)nc(-c3ccccc3)n2)Cc2ccc3ccccc3c21. The molecule has 0 fully saturated rings. The standard InChI is InChI=1S/C55H36N2O/c1-2-15-36(16-3-1)54-56-50(34-51(57-54)40-30-31-42-38(33-40)29-28-35-14-4-5-19-41(35)42)39-18-12-17-37(32-39)43-22-13-26-49-53(43)58-52-27-11-10-25-48(52)55(49)46-23-8-6-20-44(46)45-21-7-9-24-47(45)55/h1-32,34,40H,33H2. The van der Waals surface area contributed by atoms with E-state index in [2.05, 4.69) is 194 Å². The van der Waals surface area contributed by atoms with Gasteiger partial charge in [-0.05, 0) is 74.3 Å². The highest BCUT2D eigenvalue weighted by molar-refractivity contribution is 5.93. The second-order valence-electron chi connectivity index (χ2n) is 15.6. The fraction of sp³-hybridized carbons (Fsp3) is 0.0545. The van der Waals surface area contributed by atoms with Gasteiger partial charge in [0, 0.05) is 33.7 Å². The fourth-order valence-electron chi connectivity index (χ4n) is 9.91. The smallest absolute Gasteiger partial charge is 0.160 e. The molecule has 1 atom stereocenters. The summed E-state index contributed by atoms with van der Waals surface area (Å²) in [6, 6.07) is 67.4. The molecule has 0 saturated heterocycles. The summed E-state index contributed by atoms with van der Waals surface area (Å²) in [5.41, 5.74) is 15.6. The van der Waals surface area contributed by atoms with Crippen LogP contribution in [0.5, 0.6) is 11.5 Å². The van der Waals surface area contributed by atoms with Gasteiger partial charge in [-0.25, -0.2) is 9.97 Å². The third-order valence-electron chi connectivity index (χ3n) is 12.5. The van der Waals surface area contributed by atoms with Crippen molar-refractivity contribution in [2.75, 3.05) is 0 Å². The average Bonchev–Trinajstić information content (AvgIpc) is 3.59. The molecule has 272 valence electrons. The van der Waals surface area contributed by atoms with Crippen molar-refractivity contribution in [2.45, 2.75) is 17.8 Å². The maximum Gasteiger partial charge on any atom is 0.160 e. The van der Waals surface area contributed by atoms with Crippen molar-refractivity contribution >= 4 is 16.8 Å². The Kier molecular flexibility index (Phi) is 7.27. The minimum absolute atomic E-state index is 0.115. The normalized spacial score (nSPS) is 15.2. The first-order valence-corrected chi connectivity index (χ1v) is 20.1. The number of ether oxygens (including phenoxy) is 1. The zero-order valence-corrected chi connectivity index (χ0v) is 31.6. The molecule has 1 unspecified atom stereocenters. The third kappa shape index (κ3) is 4.86. The van der Waals surface area contributed by atoms with E-state index in [0.717, 1.165) is 62.9 Å². The highest BCUT2D eigenvalue weighted by Gasteiger charge is 2.51. The van der Waals surface area contributed by atoms with Crippen molar-refractivity contribution in [3.05, 3.63) is 233 Å². The number of benzene rings is 8. The van der Waals surface area contributed by atoms with Crippen LogP contribution in [0.25, 0.3) is 61.7 Å². The fourth-order valence-corrected chi connectivity index (χ4v) is 9.91. The number of fused-ring (bicyclic) bond motifs is 12. The second kappa shape index (κ2) is 12.8. The van der Waals surface area contributed by atoms with Gasteiger partial charge in [-0.1, -0.05) is 182 Å². The Morgan fingerprint density at radius 1 is 0.500 bits per heavy atom. The summed E-state index contributed by atoms with van der Waals surface area (Å²) in [6.07, 6.45) is 5.50. The molecule has 0 amide bonds. The Labute approximate surface area is 337 Å². The predicted octanol–water partition coefficient (Wildman–Crippen LogP) is 13.5. The maximum atomic E-state index is 7.02. The van der Waals surface area contributed by atoms with E-state index >= 15 is 0 Å². The second-order valence-corrected chi connectivity index (χ2v) is 15.6. The molecule has 1 spiro atoms. The van der Waals surface area contributed by atoms with Crippen molar-refractivity contribution in [3.63, 3.8) is 0 Å². The summed E-state index contributed by atoms with van der Waals surface area (Å²) in [7, 11) is 0. The molecule has 3 nitrogen and oxygen atoms in total. The molecule has 12 rings (SSSR count). The van der Waals surface area contributed by atoms with E-state index in [-0.39, 0.29) is 5.92 Å². The third-order valence-corrected chi connectivity index (χ3v) is 12.5. The van der Waals surface area contributed by atoms with Crippen molar-refractivity contribution < 1.29 is 4.74 Å². The van der Waals surface area contributed by atoms with Crippen LogP contribution >= 0.6 is 0 Å². The Morgan fingerprint density at radius 3 is 2.00 bits per heavy atom. The minimum Gasteiger partial charge on any atom is -0.456 e. The first kappa shape index (κ1) is 32.8. The Balaban J connectivity index is 1.01. The van der Waals surface area contributed by atoms with Crippen molar-refractivity contribution in [1.29, 1.82) is 0 Å². The average molecular weight is 741 g/mol. The Hall–Kier alpha value is -7.36. The van der Waals surface area contributed by atoms with Crippen LogP contribution in [-0.2, 0) is 11.8 Å². The van der Waals surface area contributed by atoms with E-state index in [1.807, 2.05) is 6.07 Å². The van der Waals surface area contributed by atoms with Gasteiger partial charge in [-0.2, -0.15) is 0 Å². The summed E-state index contributed by atoms with van der Waals surface area (Å²) in [4.78, 5) is 10.5. The van der Waals surface area contributed by atoms with E-state index in [9.17, 15) is 0 Å². The molecule has 1 aromatic heterocycles. The van der Waals surface area contributed by atoms with E-state index in [1.165, 1.54) is 49.7 Å². The monoisotopic (exact) mass is 740 g/mol. The molecule has 1 aliphatic heterocycles. The molecule has 0 saturated carbocycles. The maximum absolute atomic E-state index is 7.02. The molecule has 0 bridgehead atoms. The van der Waals surface area contributed by atoms with Crippen molar-refractivity contribution in [1.82, 2.24) is 9.97 Å². The number of aromatic nitrogens is 2. The first-order chi connectivity index (χ1) is 28.7. The summed E-state index contributed by atoms with van der Waals surface area (Å²) >= 11 is 0. The van der Waals surface area contributed by atoms with Gasteiger partial charge in [0.1, 0.15) is 11.5 Å². The lowest BCUT2D eigenvalue weighted by molar-refractivity contribution is 0.438. The van der Waals surface area contributed by atoms with Crippen LogP contribution in [-0.4, -0.2) is 9.97 Å². The molecular formula is C55H36N2O. The summed E-state index contributed by atoms with van der Waals surface area (Å²) in [5, 5.41) is 2.56. The van der Waals surface area contributed by atoms with Gasteiger partial charge in [0.05, 0.1) is 16.8 Å². The summed E-state index contributed by atoms with van der Waals surface area (Å²) in [5.74, 6) is 2.61. The molecular weight excluding hydrogens is 705 g/mol. The van der Waals surface area contributed by atoms with Crippen LogP contribution in [0.3, 0.4) is 0 Å². The van der Waals surface area contributed by atoms with E-state index in [0.29, 0.717) is 0 Å². The van der Waals surface area contributed by atoms with Crippen LogP contribution < -0.4 is 4.74 Å².